The number of carbonyl (C=O) groups is 1. The molecule has 2 fully saturated rings. The molecule has 0 radical (unpaired) electrons. The number of nitrogens with one attached hydrogen (secondary N) is 1. The van der Waals surface area contributed by atoms with Crippen molar-refractivity contribution in [2.45, 2.75) is 29.6 Å². The summed E-state index contributed by atoms with van der Waals surface area (Å²) < 4.78 is 118. The maximum absolute atomic E-state index is 14.2. The Morgan fingerprint density at radius 2 is 1.66 bits per heavy atom. The van der Waals surface area contributed by atoms with E-state index in [1.807, 2.05) is 0 Å². The molecule has 0 aromatic rings. The van der Waals surface area contributed by atoms with Crippen molar-refractivity contribution in [3.8, 4) is 0 Å². The predicted molar refractivity (Wildman–Crippen MR) is 91.6 cm³/mol. The molecular weight excluding hydrogens is 473 g/mol. The van der Waals surface area contributed by atoms with Gasteiger partial charge in [0.1, 0.15) is 6.04 Å². The van der Waals surface area contributed by atoms with Gasteiger partial charge in [0.05, 0.1) is 12.4 Å². The number of sulfonamides is 2. The number of rotatable bonds is 8. The molecule has 2 aliphatic rings. The molecule has 0 bridgehead atoms. The number of halogens is 5. The number of cyclic esters (lactones) is 1. The van der Waals surface area contributed by atoms with Gasteiger partial charge >= 0.3 is 16.7 Å². The van der Waals surface area contributed by atoms with E-state index in [4.69, 9.17) is 4.74 Å². The summed E-state index contributed by atoms with van der Waals surface area (Å²) in [6.07, 6.45) is -1.30. The molecule has 0 saturated carbocycles. The van der Waals surface area contributed by atoms with Gasteiger partial charge in [-0.15, -0.1) is 0 Å². The zero-order chi connectivity index (χ0) is 22.1. The van der Waals surface area contributed by atoms with E-state index in [-0.39, 0.29) is 32.8 Å². The third-order valence-electron chi connectivity index (χ3n) is 4.29. The van der Waals surface area contributed by atoms with Gasteiger partial charge in [0.25, 0.3) is 10.0 Å². The third kappa shape index (κ3) is 6.36. The fourth-order valence-electron chi connectivity index (χ4n) is 2.80. The van der Waals surface area contributed by atoms with E-state index in [9.17, 15) is 43.6 Å². The van der Waals surface area contributed by atoms with Crippen LogP contribution in [0.15, 0.2) is 0 Å². The summed E-state index contributed by atoms with van der Waals surface area (Å²) in [5.41, 5.74) is -4.97. The first-order valence-electron chi connectivity index (χ1n) is 8.17. The smallest absolute Gasteiger partial charge is 0.457 e. The van der Waals surface area contributed by atoms with Gasteiger partial charge in [-0.25, -0.2) is 16.8 Å². The van der Waals surface area contributed by atoms with E-state index in [0.29, 0.717) is 10.7 Å². The number of piperazine rings is 1. The van der Waals surface area contributed by atoms with Gasteiger partial charge in [-0.3, -0.25) is 9.69 Å². The minimum Gasteiger partial charge on any atom is -0.464 e. The zero-order valence-electron chi connectivity index (χ0n) is 14.7. The van der Waals surface area contributed by atoms with E-state index in [2.05, 4.69) is 0 Å². The summed E-state index contributed by atoms with van der Waals surface area (Å²) in [7, 11) is -10.0. The van der Waals surface area contributed by atoms with Crippen LogP contribution < -0.4 is 4.13 Å². The van der Waals surface area contributed by atoms with E-state index < -0.39 is 66.9 Å². The maximum atomic E-state index is 14.2. The number of hydrogen-bond acceptors (Lipinski definition) is 8. The second-order valence-electron chi connectivity index (χ2n) is 6.25. The highest BCUT2D eigenvalue weighted by atomic mass is 32.3. The van der Waals surface area contributed by atoms with Gasteiger partial charge in [-0.2, -0.15) is 30.4 Å². The summed E-state index contributed by atoms with van der Waals surface area (Å²) in [6, 6.07) is -0.567. The Morgan fingerprint density at radius 3 is 2.14 bits per heavy atom. The summed E-state index contributed by atoms with van der Waals surface area (Å²) in [5.74, 6) is -1.99. The van der Waals surface area contributed by atoms with Gasteiger partial charge in [0, 0.05) is 51.0 Å². The molecule has 2 heterocycles. The van der Waals surface area contributed by atoms with Crippen LogP contribution in [0.1, 0.15) is 12.8 Å². The number of nitrogens with zero attached hydrogens (tertiary/aromatic N) is 2. The van der Waals surface area contributed by atoms with Gasteiger partial charge in [0.2, 0.25) is 10.0 Å². The zero-order valence-corrected chi connectivity index (χ0v) is 17.1. The molecule has 2 saturated heterocycles. The van der Waals surface area contributed by atoms with Crippen LogP contribution in [-0.4, -0.2) is 87.4 Å². The molecule has 2 rings (SSSR count). The van der Waals surface area contributed by atoms with Crippen LogP contribution >= 0.6 is 11.9 Å². The Balaban J connectivity index is 1.94. The molecule has 0 aromatic carbocycles. The van der Waals surface area contributed by atoms with Crippen molar-refractivity contribution < 1.29 is 48.3 Å². The van der Waals surface area contributed by atoms with E-state index >= 15 is 0 Å². The van der Waals surface area contributed by atoms with Crippen molar-refractivity contribution in [3.63, 3.8) is 0 Å². The lowest BCUT2D eigenvalue weighted by Crippen LogP contribution is -2.55. The fraction of sp³-hybridized carbons (Fsp3) is 0.917. The summed E-state index contributed by atoms with van der Waals surface area (Å²) in [5, 5.41) is -4.50. The number of esters is 1. The van der Waals surface area contributed by atoms with Gasteiger partial charge in [-0.1, -0.05) is 0 Å². The lowest BCUT2D eigenvalue weighted by molar-refractivity contribution is -0.142. The first kappa shape index (κ1) is 24.5. The van der Waals surface area contributed by atoms with Crippen LogP contribution in [0.2, 0.25) is 0 Å². The van der Waals surface area contributed by atoms with E-state index in [0.717, 1.165) is 4.13 Å². The number of carbonyl (C=O) groups excluding carboxylic acids is 1. The average Bonchev–Trinajstić information content (AvgIpc) is 3.04. The maximum Gasteiger partial charge on any atom is 0.457 e. The quantitative estimate of drug-likeness (QED) is 0.294. The molecule has 1 N–H and O–H groups in total. The molecule has 17 heteroatoms. The Bertz CT molecular complexity index is 812. The van der Waals surface area contributed by atoms with Crippen molar-refractivity contribution >= 4 is 38.0 Å². The molecule has 0 aliphatic carbocycles. The van der Waals surface area contributed by atoms with Crippen LogP contribution in [0.25, 0.3) is 0 Å². The molecule has 1 unspecified atom stereocenters. The predicted octanol–water partition coefficient (Wildman–Crippen LogP) is 0.320. The third-order valence-corrected chi connectivity index (χ3v) is 8.61. The molecule has 0 amide bonds. The van der Waals surface area contributed by atoms with Crippen LogP contribution in [0.5, 0.6) is 0 Å². The summed E-state index contributed by atoms with van der Waals surface area (Å²) in [6.45, 7) is -0.489. The van der Waals surface area contributed by atoms with Crippen LogP contribution in [0.3, 0.4) is 0 Å². The monoisotopic (exact) mass is 491 g/mol. The number of hydrogen-bond donors (Lipinski definition) is 1. The lowest BCUT2D eigenvalue weighted by Gasteiger charge is -2.37. The van der Waals surface area contributed by atoms with E-state index in [1.54, 1.807) is 4.90 Å². The number of ether oxygens (including phenoxy) is 1. The van der Waals surface area contributed by atoms with Gasteiger partial charge < -0.3 is 4.74 Å². The summed E-state index contributed by atoms with van der Waals surface area (Å²) in [4.78, 5) is 13.2. The Kier molecular flexibility index (Phi) is 7.42. The molecular formula is C12H18F5N3O6S3. The van der Waals surface area contributed by atoms with Crippen LogP contribution in [-0.2, 0) is 29.6 Å². The second kappa shape index (κ2) is 8.78. The Hall–Kier alpha value is -0.750. The van der Waals surface area contributed by atoms with Crippen LogP contribution in [0, 0.1) is 0 Å². The molecule has 170 valence electrons. The largest absolute Gasteiger partial charge is 0.464 e. The average molecular weight is 491 g/mol. The Labute approximate surface area is 168 Å². The number of alkyl halides is 5. The Morgan fingerprint density at radius 1 is 1.07 bits per heavy atom. The summed E-state index contributed by atoms with van der Waals surface area (Å²) >= 11 is -1.15. The highest BCUT2D eigenvalue weighted by molar-refractivity contribution is 8.09. The molecule has 1 atom stereocenters. The minimum absolute atomic E-state index is 0.00282. The SMILES string of the molecule is O=C1OCCC1N1CCN(S(=O)(=O)C(F)(F)CCS(=O)(=O)NSC(F)(F)F)CC1. The van der Waals surface area contributed by atoms with Crippen molar-refractivity contribution in [1.29, 1.82) is 0 Å². The van der Waals surface area contributed by atoms with Crippen molar-refractivity contribution in [3.05, 3.63) is 0 Å². The van der Waals surface area contributed by atoms with Crippen molar-refractivity contribution in [1.82, 2.24) is 13.3 Å². The molecule has 0 spiro atoms. The highest BCUT2D eigenvalue weighted by Gasteiger charge is 2.50. The highest BCUT2D eigenvalue weighted by Crippen LogP contribution is 2.32. The second-order valence-corrected chi connectivity index (χ2v) is 11.3. The van der Waals surface area contributed by atoms with E-state index in [1.165, 1.54) is 0 Å². The first-order valence-corrected chi connectivity index (χ1v) is 12.1. The van der Waals surface area contributed by atoms with Crippen LogP contribution in [0.4, 0.5) is 22.0 Å². The molecule has 2 aliphatic heterocycles. The molecule has 9 nitrogen and oxygen atoms in total. The van der Waals surface area contributed by atoms with Crippen molar-refractivity contribution in [2.75, 3.05) is 38.5 Å². The fourth-order valence-corrected chi connectivity index (χ4v) is 6.05. The molecule has 0 aromatic heterocycles. The lowest BCUT2D eigenvalue weighted by atomic mass is 10.2. The topological polar surface area (TPSA) is 113 Å². The normalized spacial score (nSPS) is 23.3. The van der Waals surface area contributed by atoms with Crippen molar-refractivity contribution in [2.24, 2.45) is 0 Å². The first-order chi connectivity index (χ1) is 13.1. The van der Waals surface area contributed by atoms with Gasteiger partial charge in [0.15, 0.2) is 0 Å². The minimum atomic E-state index is -5.25. The standard InChI is InChI=1S/C12H18F5N3O6S3/c13-11(14,2-8-28(22,23)18-27-12(15,16)17)29(24,25)20-5-3-19(4-6-20)9-1-7-26-10(9)21/h9,18H,1-8H2. The van der Waals surface area contributed by atoms with Gasteiger partial charge in [-0.05, 0) is 0 Å². The molecule has 29 heavy (non-hydrogen) atoms.